The number of carbonyl (C=O) groups is 1. The summed E-state index contributed by atoms with van der Waals surface area (Å²) in [7, 11) is 0. The summed E-state index contributed by atoms with van der Waals surface area (Å²) in [6.07, 6.45) is 0. The van der Waals surface area contributed by atoms with Crippen LogP contribution < -0.4 is 16.4 Å². The first-order valence-corrected chi connectivity index (χ1v) is 5.38. The van der Waals surface area contributed by atoms with Crippen LogP contribution in [0.15, 0.2) is 18.2 Å². The number of para-hydroxylation sites is 1. The Morgan fingerprint density at radius 2 is 2.06 bits per heavy atom. The number of rotatable bonds is 3. The lowest BCUT2D eigenvalue weighted by Crippen LogP contribution is -2.43. The van der Waals surface area contributed by atoms with Crippen LogP contribution in [0.3, 0.4) is 0 Å². The van der Waals surface area contributed by atoms with Gasteiger partial charge in [-0.15, -0.1) is 0 Å². The van der Waals surface area contributed by atoms with E-state index in [0.717, 1.165) is 0 Å². The molecule has 0 heterocycles. The van der Waals surface area contributed by atoms with E-state index in [1.165, 1.54) is 12.1 Å². The van der Waals surface area contributed by atoms with Crippen molar-refractivity contribution in [3.63, 3.8) is 0 Å². The van der Waals surface area contributed by atoms with Crippen LogP contribution in [0.25, 0.3) is 0 Å². The number of nitrogens with one attached hydrogen (secondary N) is 2. The number of carbonyl (C=O) groups excluding carboxylic acids is 1. The number of halogens is 1. The monoisotopic (exact) mass is 239 g/mol. The van der Waals surface area contributed by atoms with E-state index in [2.05, 4.69) is 10.6 Å². The predicted molar refractivity (Wildman–Crippen MR) is 67.2 cm³/mol. The van der Waals surface area contributed by atoms with Gasteiger partial charge in [0.15, 0.2) is 0 Å². The van der Waals surface area contributed by atoms with E-state index in [1.54, 1.807) is 6.07 Å². The molecule has 0 spiro atoms. The van der Waals surface area contributed by atoms with Crippen molar-refractivity contribution in [1.29, 1.82) is 0 Å². The van der Waals surface area contributed by atoms with Gasteiger partial charge in [0.1, 0.15) is 5.82 Å². The van der Waals surface area contributed by atoms with Crippen LogP contribution in [0.5, 0.6) is 0 Å². The van der Waals surface area contributed by atoms with Crippen molar-refractivity contribution in [1.82, 2.24) is 5.32 Å². The lowest BCUT2D eigenvalue weighted by atomic mass is 10.1. The molecule has 0 radical (unpaired) electrons. The predicted octanol–water partition coefficient (Wildman–Crippen LogP) is 1.73. The third-order valence-electron chi connectivity index (χ3n) is 2.01. The van der Waals surface area contributed by atoms with Gasteiger partial charge in [0, 0.05) is 5.54 Å². The van der Waals surface area contributed by atoms with Crippen LogP contribution in [0, 0.1) is 5.82 Å². The molecule has 94 valence electrons. The Morgan fingerprint density at radius 1 is 1.41 bits per heavy atom. The van der Waals surface area contributed by atoms with Crippen molar-refractivity contribution in [2.75, 3.05) is 17.6 Å². The number of nitrogens with two attached hydrogens (primary N) is 1. The van der Waals surface area contributed by atoms with Crippen molar-refractivity contribution in [2.24, 2.45) is 0 Å². The normalized spacial score (nSPS) is 11.1. The van der Waals surface area contributed by atoms with Gasteiger partial charge in [0.05, 0.1) is 17.9 Å². The Bertz CT molecular complexity index is 413. The van der Waals surface area contributed by atoms with Gasteiger partial charge in [-0.3, -0.25) is 4.79 Å². The summed E-state index contributed by atoms with van der Waals surface area (Å²) in [4.78, 5) is 11.5. The number of benzene rings is 1. The van der Waals surface area contributed by atoms with E-state index < -0.39 is 5.82 Å². The quantitative estimate of drug-likeness (QED) is 0.704. The van der Waals surface area contributed by atoms with Gasteiger partial charge in [-0.25, -0.2) is 4.39 Å². The second-order valence-electron chi connectivity index (χ2n) is 4.85. The van der Waals surface area contributed by atoms with E-state index in [4.69, 9.17) is 5.73 Å². The van der Waals surface area contributed by atoms with Crippen molar-refractivity contribution >= 4 is 17.3 Å². The highest BCUT2D eigenvalue weighted by atomic mass is 19.1. The number of hydrogen-bond acceptors (Lipinski definition) is 3. The molecule has 1 aromatic rings. The molecule has 0 unspecified atom stereocenters. The van der Waals surface area contributed by atoms with Gasteiger partial charge in [0.25, 0.3) is 0 Å². The van der Waals surface area contributed by atoms with Crippen LogP contribution >= 0.6 is 0 Å². The molecule has 1 aromatic carbocycles. The van der Waals surface area contributed by atoms with Gasteiger partial charge < -0.3 is 16.4 Å². The molecule has 0 fully saturated rings. The minimum atomic E-state index is -0.494. The van der Waals surface area contributed by atoms with Crippen LogP contribution in [-0.4, -0.2) is 18.0 Å². The third kappa shape index (κ3) is 4.30. The maximum atomic E-state index is 13.1. The zero-order chi connectivity index (χ0) is 13.1. The Morgan fingerprint density at radius 3 is 2.65 bits per heavy atom. The molecule has 0 aromatic heterocycles. The van der Waals surface area contributed by atoms with Crippen molar-refractivity contribution in [3.8, 4) is 0 Å². The fourth-order valence-corrected chi connectivity index (χ4v) is 1.33. The second-order valence-corrected chi connectivity index (χ2v) is 4.85. The molecule has 1 amide bonds. The number of amides is 1. The summed E-state index contributed by atoms with van der Waals surface area (Å²) in [5.74, 6) is -0.660. The second kappa shape index (κ2) is 5.03. The van der Waals surface area contributed by atoms with Crippen molar-refractivity contribution in [2.45, 2.75) is 26.3 Å². The number of hydrogen-bond donors (Lipinski definition) is 3. The molecule has 0 saturated carbocycles. The lowest BCUT2D eigenvalue weighted by molar-refractivity contribution is -0.120. The molecule has 0 aliphatic heterocycles. The highest BCUT2D eigenvalue weighted by Crippen LogP contribution is 2.20. The molecule has 0 aliphatic rings. The molecule has 0 saturated heterocycles. The summed E-state index contributed by atoms with van der Waals surface area (Å²) in [6, 6.07) is 4.44. The van der Waals surface area contributed by atoms with Crippen LogP contribution in [0.1, 0.15) is 20.8 Å². The average molecular weight is 239 g/mol. The Hall–Kier alpha value is -1.78. The van der Waals surface area contributed by atoms with Gasteiger partial charge in [-0.1, -0.05) is 6.07 Å². The van der Waals surface area contributed by atoms with Crippen molar-refractivity contribution < 1.29 is 9.18 Å². The Kier molecular flexibility index (Phi) is 3.93. The van der Waals surface area contributed by atoms with Crippen LogP contribution in [0.4, 0.5) is 15.8 Å². The molecule has 17 heavy (non-hydrogen) atoms. The largest absolute Gasteiger partial charge is 0.395 e. The smallest absolute Gasteiger partial charge is 0.239 e. The molecular weight excluding hydrogens is 221 g/mol. The Balaban J connectivity index is 2.56. The van der Waals surface area contributed by atoms with Gasteiger partial charge >= 0.3 is 0 Å². The summed E-state index contributed by atoms with van der Waals surface area (Å²) in [5.41, 5.74) is 5.69. The summed E-state index contributed by atoms with van der Waals surface area (Å²) >= 11 is 0. The van der Waals surface area contributed by atoms with E-state index in [1.807, 2.05) is 20.8 Å². The first-order chi connectivity index (χ1) is 7.79. The summed E-state index contributed by atoms with van der Waals surface area (Å²) in [5, 5.41) is 5.59. The average Bonchev–Trinajstić information content (AvgIpc) is 2.18. The summed E-state index contributed by atoms with van der Waals surface area (Å²) < 4.78 is 13.1. The minimum absolute atomic E-state index is 0.0241. The molecule has 5 heteroatoms. The molecule has 4 N–H and O–H groups in total. The maximum Gasteiger partial charge on any atom is 0.239 e. The molecule has 0 bridgehead atoms. The standard InChI is InChI=1S/C12H18FN3O/c1-12(2,3)16-10(17)7-15-9-6-4-5-8(13)11(9)14/h4-6,15H,7,14H2,1-3H3,(H,16,17). The SMILES string of the molecule is CC(C)(C)NC(=O)CNc1cccc(F)c1N. The topological polar surface area (TPSA) is 67.2 Å². The lowest BCUT2D eigenvalue weighted by Gasteiger charge is -2.21. The van der Waals surface area contributed by atoms with E-state index in [0.29, 0.717) is 5.69 Å². The van der Waals surface area contributed by atoms with E-state index in [-0.39, 0.29) is 23.7 Å². The summed E-state index contributed by atoms with van der Waals surface area (Å²) in [6.45, 7) is 5.73. The van der Waals surface area contributed by atoms with Gasteiger partial charge in [0.2, 0.25) is 5.91 Å². The number of nitrogen functional groups attached to an aromatic ring is 1. The Labute approximate surface area is 100 Å². The zero-order valence-electron chi connectivity index (χ0n) is 10.3. The maximum absolute atomic E-state index is 13.1. The number of anilines is 2. The minimum Gasteiger partial charge on any atom is -0.395 e. The molecule has 1 rings (SSSR count). The molecule has 0 atom stereocenters. The van der Waals surface area contributed by atoms with Gasteiger partial charge in [-0.2, -0.15) is 0 Å². The van der Waals surface area contributed by atoms with Gasteiger partial charge in [-0.05, 0) is 32.9 Å². The highest BCUT2D eigenvalue weighted by molar-refractivity contribution is 5.82. The fraction of sp³-hybridized carbons (Fsp3) is 0.417. The third-order valence-corrected chi connectivity index (χ3v) is 2.01. The first-order valence-electron chi connectivity index (χ1n) is 5.38. The van der Waals surface area contributed by atoms with Crippen molar-refractivity contribution in [3.05, 3.63) is 24.0 Å². The van der Waals surface area contributed by atoms with Crippen LogP contribution in [-0.2, 0) is 4.79 Å². The van der Waals surface area contributed by atoms with E-state index in [9.17, 15) is 9.18 Å². The highest BCUT2D eigenvalue weighted by Gasteiger charge is 2.13. The molecule has 0 aliphatic carbocycles. The zero-order valence-corrected chi connectivity index (χ0v) is 10.3. The molecule has 4 nitrogen and oxygen atoms in total. The van der Waals surface area contributed by atoms with Crippen LogP contribution in [0.2, 0.25) is 0 Å². The fourth-order valence-electron chi connectivity index (χ4n) is 1.33. The first kappa shape index (κ1) is 13.3. The molecular formula is C12H18FN3O. The van der Waals surface area contributed by atoms with E-state index >= 15 is 0 Å².